The van der Waals surface area contributed by atoms with E-state index in [4.69, 9.17) is 32.7 Å². The summed E-state index contributed by atoms with van der Waals surface area (Å²) in [6.45, 7) is 3.97. The number of rotatable bonds is 8. The van der Waals surface area contributed by atoms with Crippen molar-refractivity contribution in [3.05, 3.63) is 124 Å². The molecule has 0 amide bonds. The molecule has 0 fully saturated rings. The minimum Gasteiger partial charge on any atom is -0.488 e. The average Bonchev–Trinajstić information content (AvgIpc) is 3.26. The molecule has 1 aromatic heterocycles. The molecule has 0 aliphatic carbocycles. The first kappa shape index (κ1) is 29.6. The summed E-state index contributed by atoms with van der Waals surface area (Å²) in [5, 5.41) is 1.10. The first-order chi connectivity index (χ1) is 20.2. The summed E-state index contributed by atoms with van der Waals surface area (Å²) in [6.07, 6.45) is 1.74. The molecule has 1 atom stereocenters. The number of benzene rings is 3. The SMILES string of the molecule is CCOC(=O)C1=C(C)N=c2s/c(=C\c3cc(Cl)ccc3OCc3ccccc3Cl)c(=O)n2[C@H]1c1ccc(N(C)C)cc1. The lowest BCUT2D eigenvalue weighted by Crippen LogP contribution is -2.40. The highest BCUT2D eigenvalue weighted by Crippen LogP contribution is 2.32. The molecular formula is C32H29Cl2N3O4S. The van der Waals surface area contributed by atoms with Crippen LogP contribution < -0.4 is 24.5 Å². The Morgan fingerprint density at radius 1 is 1.10 bits per heavy atom. The molecule has 0 radical (unpaired) electrons. The van der Waals surface area contributed by atoms with E-state index >= 15 is 0 Å². The third kappa shape index (κ3) is 6.02. The van der Waals surface area contributed by atoms with Crippen molar-refractivity contribution in [2.75, 3.05) is 25.6 Å². The lowest BCUT2D eigenvalue weighted by molar-refractivity contribution is -0.139. The van der Waals surface area contributed by atoms with Crippen LogP contribution in [0.4, 0.5) is 5.69 Å². The summed E-state index contributed by atoms with van der Waals surface area (Å²) in [4.78, 5) is 34.3. The zero-order valence-corrected chi connectivity index (χ0v) is 25.9. The molecular weight excluding hydrogens is 593 g/mol. The number of nitrogens with zero attached hydrogens (tertiary/aromatic N) is 3. The Morgan fingerprint density at radius 2 is 1.83 bits per heavy atom. The molecule has 42 heavy (non-hydrogen) atoms. The second-order valence-electron chi connectivity index (χ2n) is 9.85. The summed E-state index contributed by atoms with van der Waals surface area (Å²) in [5.74, 6) is 0.0455. The first-order valence-electron chi connectivity index (χ1n) is 13.3. The van der Waals surface area contributed by atoms with Gasteiger partial charge in [0.1, 0.15) is 12.4 Å². The van der Waals surface area contributed by atoms with Gasteiger partial charge in [0.15, 0.2) is 4.80 Å². The minimum atomic E-state index is -0.700. The van der Waals surface area contributed by atoms with Crippen molar-refractivity contribution in [1.82, 2.24) is 4.57 Å². The number of carbonyl (C=O) groups excluding carboxylic acids is 1. The third-order valence-corrected chi connectivity index (χ3v) is 8.43. The quantitative estimate of drug-likeness (QED) is 0.234. The predicted molar refractivity (Wildman–Crippen MR) is 168 cm³/mol. The highest BCUT2D eigenvalue weighted by molar-refractivity contribution is 7.07. The van der Waals surface area contributed by atoms with Gasteiger partial charge in [-0.1, -0.05) is 64.9 Å². The zero-order chi connectivity index (χ0) is 30.0. The Morgan fingerprint density at radius 3 is 2.52 bits per heavy atom. The maximum atomic E-state index is 14.0. The Bertz CT molecular complexity index is 1860. The summed E-state index contributed by atoms with van der Waals surface area (Å²) in [5.41, 5.74) is 3.79. The van der Waals surface area contributed by atoms with E-state index in [1.807, 2.05) is 61.5 Å². The summed E-state index contributed by atoms with van der Waals surface area (Å²) >= 11 is 13.9. The summed E-state index contributed by atoms with van der Waals surface area (Å²) < 4.78 is 13.5. The largest absolute Gasteiger partial charge is 0.488 e. The fourth-order valence-corrected chi connectivity index (χ4v) is 6.15. The van der Waals surface area contributed by atoms with E-state index in [9.17, 15) is 9.59 Å². The molecule has 7 nitrogen and oxygen atoms in total. The number of carbonyl (C=O) groups is 1. The van der Waals surface area contributed by atoms with E-state index in [1.165, 1.54) is 11.3 Å². The number of anilines is 1. The van der Waals surface area contributed by atoms with Gasteiger partial charge in [0.05, 0.1) is 28.5 Å². The van der Waals surface area contributed by atoms with Crippen molar-refractivity contribution in [2.24, 2.45) is 4.99 Å². The van der Waals surface area contributed by atoms with Crippen molar-refractivity contribution >= 4 is 52.3 Å². The van der Waals surface area contributed by atoms with Gasteiger partial charge in [-0.3, -0.25) is 9.36 Å². The van der Waals surface area contributed by atoms with Gasteiger partial charge in [0, 0.05) is 41.0 Å². The molecule has 2 heterocycles. The Hall–Kier alpha value is -3.85. The molecule has 0 unspecified atom stereocenters. The number of hydrogen-bond donors (Lipinski definition) is 0. The molecule has 1 aliphatic rings. The Labute approximate surface area is 257 Å². The van der Waals surface area contributed by atoms with Gasteiger partial charge in [-0.25, -0.2) is 9.79 Å². The molecule has 4 aromatic rings. The summed E-state index contributed by atoms with van der Waals surface area (Å²) in [7, 11) is 3.91. The van der Waals surface area contributed by atoms with E-state index in [-0.39, 0.29) is 18.8 Å². The lowest BCUT2D eigenvalue weighted by Gasteiger charge is -2.25. The zero-order valence-electron chi connectivity index (χ0n) is 23.6. The van der Waals surface area contributed by atoms with Crippen molar-refractivity contribution < 1.29 is 14.3 Å². The number of esters is 1. The minimum absolute atomic E-state index is 0.206. The third-order valence-electron chi connectivity index (χ3n) is 6.84. The lowest BCUT2D eigenvalue weighted by atomic mass is 9.95. The van der Waals surface area contributed by atoms with E-state index in [2.05, 4.69) is 4.99 Å². The molecule has 3 aromatic carbocycles. The van der Waals surface area contributed by atoms with Crippen LogP contribution in [0, 0.1) is 0 Å². The van der Waals surface area contributed by atoms with Crippen LogP contribution in [0.1, 0.15) is 36.6 Å². The molecule has 0 N–H and O–H groups in total. The van der Waals surface area contributed by atoms with E-state index in [0.717, 1.165) is 16.8 Å². The average molecular weight is 623 g/mol. The Kier molecular flexibility index (Phi) is 8.87. The van der Waals surface area contributed by atoms with Gasteiger partial charge in [0.25, 0.3) is 5.56 Å². The van der Waals surface area contributed by atoms with Gasteiger partial charge in [-0.2, -0.15) is 0 Å². The first-order valence-corrected chi connectivity index (χ1v) is 14.9. The number of halogens is 2. The molecule has 0 spiro atoms. The van der Waals surface area contributed by atoms with Gasteiger partial charge < -0.3 is 14.4 Å². The highest BCUT2D eigenvalue weighted by Gasteiger charge is 2.33. The monoisotopic (exact) mass is 621 g/mol. The van der Waals surface area contributed by atoms with Crippen LogP contribution >= 0.6 is 34.5 Å². The molecule has 5 rings (SSSR count). The van der Waals surface area contributed by atoms with Crippen LogP contribution in [-0.4, -0.2) is 31.2 Å². The topological polar surface area (TPSA) is 73.1 Å². The smallest absolute Gasteiger partial charge is 0.338 e. The van der Waals surface area contributed by atoms with Crippen LogP contribution in [0.15, 0.2) is 87.8 Å². The number of thiazole rings is 1. The maximum absolute atomic E-state index is 14.0. The van der Waals surface area contributed by atoms with E-state index < -0.39 is 12.0 Å². The van der Waals surface area contributed by atoms with E-state index in [0.29, 0.717) is 42.0 Å². The van der Waals surface area contributed by atoms with Gasteiger partial charge in [0.2, 0.25) is 0 Å². The molecule has 0 saturated heterocycles. The fraction of sp³-hybridized carbons (Fsp3) is 0.219. The number of aromatic nitrogens is 1. The standard InChI is InChI=1S/C32H29Cl2N3O4S/c1-5-40-31(39)28-19(2)35-32-37(29(28)20-10-13-24(14-11-20)36(3)4)30(38)27(42-32)17-22-16-23(33)12-15-26(22)41-18-21-8-6-7-9-25(21)34/h6-17,29H,5,18H2,1-4H3/b27-17-/t29-/m0/s1. The van der Waals surface area contributed by atoms with Crippen LogP contribution in [-0.2, 0) is 16.1 Å². The van der Waals surface area contributed by atoms with Crippen LogP contribution in [0.2, 0.25) is 10.0 Å². The second kappa shape index (κ2) is 12.6. The van der Waals surface area contributed by atoms with Gasteiger partial charge in [-0.05, 0) is 61.9 Å². The van der Waals surface area contributed by atoms with Crippen molar-refractivity contribution in [3.63, 3.8) is 0 Å². The highest BCUT2D eigenvalue weighted by atomic mass is 35.5. The summed E-state index contributed by atoms with van der Waals surface area (Å²) in [6, 6.07) is 19.8. The number of allylic oxidation sites excluding steroid dienone is 1. The predicted octanol–water partition coefficient (Wildman–Crippen LogP) is 5.75. The fourth-order valence-electron chi connectivity index (χ4n) is 4.74. The van der Waals surface area contributed by atoms with Crippen molar-refractivity contribution in [2.45, 2.75) is 26.5 Å². The van der Waals surface area contributed by atoms with Gasteiger partial charge >= 0.3 is 5.97 Å². The van der Waals surface area contributed by atoms with E-state index in [1.54, 1.807) is 48.8 Å². The Balaban J connectivity index is 1.62. The van der Waals surface area contributed by atoms with Crippen LogP contribution in [0.3, 0.4) is 0 Å². The van der Waals surface area contributed by atoms with Crippen molar-refractivity contribution in [1.29, 1.82) is 0 Å². The van der Waals surface area contributed by atoms with Crippen LogP contribution in [0.5, 0.6) is 5.75 Å². The number of ether oxygens (including phenoxy) is 2. The second-order valence-corrected chi connectivity index (χ2v) is 11.7. The molecule has 216 valence electrons. The van der Waals surface area contributed by atoms with Crippen LogP contribution in [0.25, 0.3) is 6.08 Å². The van der Waals surface area contributed by atoms with Gasteiger partial charge in [-0.15, -0.1) is 0 Å². The number of hydrogen-bond acceptors (Lipinski definition) is 7. The molecule has 10 heteroatoms. The number of fused-ring (bicyclic) bond motifs is 1. The molecule has 1 aliphatic heterocycles. The van der Waals surface area contributed by atoms with Crippen molar-refractivity contribution in [3.8, 4) is 5.75 Å². The molecule has 0 saturated carbocycles. The molecule has 0 bridgehead atoms. The normalized spacial score (nSPS) is 14.8. The maximum Gasteiger partial charge on any atom is 0.338 e.